The van der Waals surface area contributed by atoms with E-state index in [0.29, 0.717) is 63.9 Å². The molecular formula is C52H76O6Si2. The molecule has 60 heavy (non-hydrogen) atoms. The molecule has 4 aromatic rings. The molecule has 0 atom stereocenters. The highest BCUT2D eigenvalue weighted by Crippen LogP contribution is 2.39. The summed E-state index contributed by atoms with van der Waals surface area (Å²) in [6.07, 6.45) is 6.38. The van der Waals surface area contributed by atoms with Gasteiger partial charge in [0.2, 0.25) is 16.6 Å². The topological polar surface area (TPSA) is 55.4 Å². The summed E-state index contributed by atoms with van der Waals surface area (Å²) in [5.41, 5.74) is 9.35. The van der Waals surface area contributed by atoms with Gasteiger partial charge in [-0.25, -0.2) is 0 Å². The second-order valence-corrected chi connectivity index (χ2v) is 26.4. The highest BCUT2D eigenvalue weighted by molar-refractivity contribution is 6.84. The number of rotatable bonds is 20. The summed E-state index contributed by atoms with van der Waals surface area (Å²) in [5.74, 6) is 4.78. The Morgan fingerprint density at radius 2 is 0.667 bits per heavy atom. The molecule has 0 unspecified atom stereocenters. The zero-order valence-corrected chi connectivity index (χ0v) is 41.3. The Morgan fingerprint density at radius 3 is 0.900 bits per heavy atom. The third-order valence-electron chi connectivity index (χ3n) is 11.1. The zero-order chi connectivity index (χ0) is 43.5. The summed E-state index contributed by atoms with van der Waals surface area (Å²) in [5, 5.41) is 2.56. The lowest BCUT2D eigenvalue weighted by atomic mass is 9.91. The summed E-state index contributed by atoms with van der Waals surface area (Å²) in [6, 6.07) is 23.0. The van der Waals surface area contributed by atoms with Gasteiger partial charge in [-0.2, -0.15) is 0 Å². The third-order valence-corrected chi connectivity index (χ3v) is 16.2. The molecule has 1 aliphatic carbocycles. The maximum Gasteiger partial charge on any atom is 0.218 e. The predicted octanol–water partition coefficient (Wildman–Crippen LogP) is 11.7. The molecule has 0 saturated heterocycles. The second-order valence-electron chi connectivity index (χ2n) is 18.6. The highest BCUT2D eigenvalue weighted by Gasteiger charge is 2.32. The van der Waals surface area contributed by atoms with E-state index in [0.717, 1.165) is 84.1 Å². The van der Waals surface area contributed by atoms with E-state index in [1.54, 1.807) is 0 Å². The van der Waals surface area contributed by atoms with E-state index in [-0.39, 0.29) is 0 Å². The van der Waals surface area contributed by atoms with Crippen LogP contribution in [0, 0.1) is 11.8 Å². The van der Waals surface area contributed by atoms with Gasteiger partial charge in [0.15, 0.2) is 0 Å². The van der Waals surface area contributed by atoms with Gasteiger partial charge in [-0.15, -0.1) is 0 Å². The number of hydrogen-bond donors (Lipinski definition) is 0. The molecule has 6 nitrogen and oxygen atoms in total. The fourth-order valence-electron chi connectivity index (χ4n) is 7.86. The minimum Gasteiger partial charge on any atom is -0.493 e. The number of ether oxygens (including phenoxy) is 4. The van der Waals surface area contributed by atoms with Crippen molar-refractivity contribution in [3.8, 4) is 23.0 Å². The van der Waals surface area contributed by atoms with Gasteiger partial charge in [0, 0.05) is 38.9 Å². The van der Waals surface area contributed by atoms with Crippen LogP contribution in [-0.2, 0) is 34.5 Å². The Morgan fingerprint density at radius 1 is 0.417 bits per heavy atom. The van der Waals surface area contributed by atoms with Crippen molar-refractivity contribution in [3.05, 3.63) is 105 Å². The van der Waals surface area contributed by atoms with E-state index >= 15 is 0 Å². The van der Waals surface area contributed by atoms with Crippen LogP contribution < -0.4 is 29.3 Å². The van der Waals surface area contributed by atoms with Crippen LogP contribution in [0.15, 0.2) is 60.7 Å². The Balaban J connectivity index is 1.86. The SMILES string of the molecule is CCCOc1c2cccc1Cc1cc([Si](C)(C)OCC(C)C)cc(c1OCCC)Cc1cccc(c1OCCC)Cc1cc([Si](C)(C)OCC(C)C)cc(c1OCCC)C2. The standard InChI is InChI=1S/C52H76O6Si2/c1-13-23-53-49-39-19-17-20-40(49)28-44-32-48(60(11,12)58-36-38(7)8)34-46(52(44)56-26-16-4)30-42-22-18-21-41(50(42)54-24-14-2)29-45-33-47(59(9,10)57-35-37(5)6)31-43(27-39)51(45)55-25-15-3/h17-22,31-34,37-38H,13-16,23-30,35-36H2,1-12H3. The normalized spacial score (nSPS) is 13.2. The Labute approximate surface area is 366 Å². The summed E-state index contributed by atoms with van der Waals surface area (Å²) in [6.45, 7) is 31.0. The average Bonchev–Trinajstić information content (AvgIpc) is 3.20. The summed E-state index contributed by atoms with van der Waals surface area (Å²) in [7, 11) is -4.65. The quantitative estimate of drug-likeness (QED) is 0.0727. The van der Waals surface area contributed by atoms with Crippen LogP contribution in [0.1, 0.15) is 126 Å². The molecule has 8 bridgehead atoms. The number of benzene rings is 4. The van der Waals surface area contributed by atoms with Crippen molar-refractivity contribution in [1.29, 1.82) is 0 Å². The molecule has 4 aromatic carbocycles. The number of para-hydroxylation sites is 2. The third kappa shape index (κ3) is 12.3. The molecule has 0 fully saturated rings. The van der Waals surface area contributed by atoms with Crippen molar-refractivity contribution in [2.75, 3.05) is 39.6 Å². The van der Waals surface area contributed by atoms with Gasteiger partial charge >= 0.3 is 0 Å². The molecule has 5 rings (SSSR count). The molecule has 0 radical (unpaired) electrons. The van der Waals surface area contributed by atoms with Crippen molar-refractivity contribution in [2.24, 2.45) is 11.8 Å². The molecule has 0 aromatic heterocycles. The van der Waals surface area contributed by atoms with Crippen molar-refractivity contribution in [3.63, 3.8) is 0 Å². The molecule has 328 valence electrons. The highest BCUT2D eigenvalue weighted by atomic mass is 28.4. The van der Waals surface area contributed by atoms with Crippen molar-refractivity contribution < 1.29 is 27.8 Å². The fraction of sp³-hybridized carbons (Fsp3) is 0.538. The Kier molecular flexibility index (Phi) is 17.4. The molecule has 8 heteroatoms. The molecule has 0 N–H and O–H groups in total. The first-order chi connectivity index (χ1) is 28.7. The first-order valence-electron chi connectivity index (χ1n) is 23.0. The van der Waals surface area contributed by atoms with Crippen LogP contribution >= 0.6 is 0 Å². The largest absolute Gasteiger partial charge is 0.493 e. The van der Waals surface area contributed by atoms with Crippen LogP contribution in [0.4, 0.5) is 0 Å². The van der Waals surface area contributed by atoms with E-state index in [1.165, 1.54) is 32.6 Å². The van der Waals surface area contributed by atoms with Gasteiger partial charge in [-0.05, 0) is 119 Å². The van der Waals surface area contributed by atoms with E-state index in [2.05, 4.69) is 142 Å². The van der Waals surface area contributed by atoms with Crippen LogP contribution in [-0.4, -0.2) is 56.3 Å². The second kappa shape index (κ2) is 22.0. The van der Waals surface area contributed by atoms with Gasteiger partial charge in [0.1, 0.15) is 23.0 Å². The van der Waals surface area contributed by atoms with E-state index in [1.807, 2.05) is 0 Å². The molecule has 0 heterocycles. The monoisotopic (exact) mass is 853 g/mol. The Bertz CT molecular complexity index is 1770. The van der Waals surface area contributed by atoms with Crippen molar-refractivity contribution >= 4 is 27.0 Å². The van der Waals surface area contributed by atoms with Gasteiger partial charge in [0.05, 0.1) is 26.4 Å². The molecule has 0 spiro atoms. The summed E-state index contributed by atoms with van der Waals surface area (Å²) in [4.78, 5) is 0. The van der Waals surface area contributed by atoms with E-state index in [9.17, 15) is 0 Å². The first-order valence-corrected chi connectivity index (χ1v) is 28.9. The molecule has 1 aliphatic rings. The van der Waals surface area contributed by atoms with Gasteiger partial charge in [0.25, 0.3) is 0 Å². The lowest BCUT2D eigenvalue weighted by Crippen LogP contribution is -2.46. The lowest BCUT2D eigenvalue weighted by molar-refractivity contribution is 0.268. The number of hydrogen-bond acceptors (Lipinski definition) is 6. The average molecular weight is 853 g/mol. The van der Waals surface area contributed by atoms with Crippen LogP contribution in [0.5, 0.6) is 23.0 Å². The lowest BCUT2D eigenvalue weighted by Gasteiger charge is -2.29. The number of fused-ring (bicyclic) bond motifs is 8. The first kappa shape index (κ1) is 47.5. The maximum atomic E-state index is 6.85. The molecule has 0 aliphatic heterocycles. The van der Waals surface area contributed by atoms with Crippen molar-refractivity contribution in [1.82, 2.24) is 0 Å². The predicted molar refractivity (Wildman–Crippen MR) is 256 cm³/mol. The fourth-order valence-corrected chi connectivity index (χ4v) is 11.8. The minimum absolute atomic E-state index is 0.452. The van der Waals surface area contributed by atoms with Gasteiger partial charge < -0.3 is 27.8 Å². The maximum absolute atomic E-state index is 6.85. The molecular weight excluding hydrogens is 777 g/mol. The minimum atomic E-state index is -2.32. The zero-order valence-electron chi connectivity index (χ0n) is 39.3. The van der Waals surface area contributed by atoms with Crippen LogP contribution in [0.25, 0.3) is 0 Å². The van der Waals surface area contributed by atoms with E-state index < -0.39 is 16.6 Å². The van der Waals surface area contributed by atoms with Gasteiger partial charge in [-0.1, -0.05) is 116 Å². The van der Waals surface area contributed by atoms with Crippen LogP contribution in [0.2, 0.25) is 26.2 Å². The Hall–Kier alpha value is -3.57. The van der Waals surface area contributed by atoms with E-state index in [4.69, 9.17) is 27.8 Å². The van der Waals surface area contributed by atoms with Crippen LogP contribution in [0.3, 0.4) is 0 Å². The molecule has 0 amide bonds. The smallest absolute Gasteiger partial charge is 0.218 e. The summed E-state index contributed by atoms with van der Waals surface area (Å²) < 4.78 is 41.0. The van der Waals surface area contributed by atoms with Gasteiger partial charge in [-0.3, -0.25) is 0 Å². The molecule has 0 saturated carbocycles. The van der Waals surface area contributed by atoms with Crippen molar-refractivity contribution in [2.45, 2.75) is 133 Å². The summed E-state index contributed by atoms with van der Waals surface area (Å²) >= 11 is 0.